The van der Waals surface area contributed by atoms with Crippen molar-refractivity contribution in [2.24, 2.45) is 5.73 Å². The molecule has 0 saturated carbocycles. The summed E-state index contributed by atoms with van der Waals surface area (Å²) in [7, 11) is 0. The molecule has 0 aliphatic heterocycles. The maximum atomic E-state index is 11.2. The van der Waals surface area contributed by atoms with Crippen LogP contribution < -0.4 is 5.73 Å². The quantitative estimate of drug-likeness (QED) is 0.649. The van der Waals surface area contributed by atoms with E-state index in [0.717, 1.165) is 0 Å². The zero-order chi connectivity index (χ0) is 6.62. The molecule has 0 bridgehead atoms. The second kappa shape index (κ2) is 3.31. The summed E-state index contributed by atoms with van der Waals surface area (Å²) in [4.78, 5) is 0. The first-order chi connectivity index (χ1) is 3.56. The van der Waals surface area contributed by atoms with Crippen molar-refractivity contribution >= 4 is 15.0 Å². The van der Waals surface area contributed by atoms with Gasteiger partial charge in [-0.25, -0.2) is 0 Å². The van der Waals surface area contributed by atoms with E-state index in [1.165, 1.54) is 0 Å². The maximum absolute atomic E-state index is 11.2. The molecule has 0 heterocycles. The van der Waals surface area contributed by atoms with Crippen LogP contribution in [0.1, 0.15) is 0 Å². The predicted molar refractivity (Wildman–Crippen MR) is 24.1 cm³/mol. The fraction of sp³-hybridized carbons (Fsp3) is 1.00. The number of rotatable bonds is 3. The topological polar surface area (TPSA) is 35.2 Å². The molecule has 0 unspecified atom stereocenters. The molecule has 6 heteroatoms. The zero-order valence-electron chi connectivity index (χ0n) is 4.03. The Hall–Kier alpha value is 0.253. The minimum atomic E-state index is -6.19. The van der Waals surface area contributed by atoms with Crippen LogP contribution in [-0.4, -0.2) is 28.1 Å². The van der Waals surface area contributed by atoms with Crippen molar-refractivity contribution in [3.63, 3.8) is 0 Å². The summed E-state index contributed by atoms with van der Waals surface area (Å²) in [6.07, 6.45) is 0. The average molecular weight is 190 g/mol. The van der Waals surface area contributed by atoms with E-state index in [-0.39, 0.29) is 13.2 Å². The van der Waals surface area contributed by atoms with Gasteiger partial charge >= 0.3 is 48.1 Å². The first kappa shape index (κ1) is 8.25. The Kier molecular flexibility index (Phi) is 3.42. The third-order valence-corrected chi connectivity index (χ3v) is 1.50. The summed E-state index contributed by atoms with van der Waals surface area (Å²) in [5.41, 5.74) is 4.74. The van der Waals surface area contributed by atoms with Gasteiger partial charge in [-0.1, -0.05) is 0 Å². The normalized spacial score (nSPS) is 12.0. The van der Waals surface area contributed by atoms with Crippen molar-refractivity contribution in [1.29, 1.82) is 0 Å². The summed E-state index contributed by atoms with van der Waals surface area (Å²) < 4.78 is 36.9. The molecule has 50 valence electrons. The van der Waals surface area contributed by atoms with Gasteiger partial charge in [0.2, 0.25) is 0 Å². The molecule has 0 spiro atoms. The van der Waals surface area contributed by atoms with E-state index in [0.29, 0.717) is 0 Å². The Bertz CT molecular complexity index is 64.8. The van der Waals surface area contributed by atoms with E-state index < -0.39 is 15.0 Å². The van der Waals surface area contributed by atoms with Crippen LogP contribution in [0.4, 0.5) is 10.5 Å². The van der Waals surface area contributed by atoms with Crippen molar-refractivity contribution in [3.8, 4) is 0 Å². The van der Waals surface area contributed by atoms with E-state index in [1.54, 1.807) is 0 Å². The molecule has 0 aromatic rings. The predicted octanol–water partition coefficient (Wildman–Crippen LogP) is 0.306. The Morgan fingerprint density at radius 1 is 1.38 bits per heavy atom. The number of nitrogens with two attached hydrogens (primary N) is 1. The molecule has 0 fully saturated rings. The van der Waals surface area contributed by atoms with Crippen LogP contribution in [0.25, 0.3) is 0 Å². The third kappa shape index (κ3) is 6.25. The standard InChI is InChI=1S/C2H6F3GeNO/c3-6(4,5)8-2-1-7/h1-2,7H2. The van der Waals surface area contributed by atoms with Gasteiger partial charge in [0.15, 0.2) is 0 Å². The molecule has 0 saturated heterocycles. The fourth-order valence-electron chi connectivity index (χ4n) is 0.175. The first-order valence-electron chi connectivity index (χ1n) is 1.97. The molecule has 2 N–H and O–H groups in total. The molecule has 0 amide bonds. The van der Waals surface area contributed by atoms with Crippen molar-refractivity contribution in [2.45, 2.75) is 0 Å². The van der Waals surface area contributed by atoms with Crippen LogP contribution >= 0.6 is 0 Å². The van der Waals surface area contributed by atoms with Crippen molar-refractivity contribution in [1.82, 2.24) is 0 Å². The van der Waals surface area contributed by atoms with E-state index in [2.05, 4.69) is 3.76 Å². The molecular formula is C2H6F3GeNO. The van der Waals surface area contributed by atoms with Gasteiger partial charge < -0.3 is 0 Å². The van der Waals surface area contributed by atoms with Crippen LogP contribution in [0.15, 0.2) is 0 Å². The molecule has 0 radical (unpaired) electrons. The zero-order valence-corrected chi connectivity index (χ0v) is 6.13. The van der Waals surface area contributed by atoms with Gasteiger partial charge in [0.25, 0.3) is 0 Å². The second-order valence-corrected chi connectivity index (χ2v) is 3.56. The van der Waals surface area contributed by atoms with Crippen molar-refractivity contribution in [3.05, 3.63) is 0 Å². The van der Waals surface area contributed by atoms with Crippen LogP contribution in [0.3, 0.4) is 0 Å². The molecule has 0 rings (SSSR count). The van der Waals surface area contributed by atoms with Gasteiger partial charge in [0.05, 0.1) is 0 Å². The van der Waals surface area contributed by atoms with Gasteiger partial charge in [0.1, 0.15) is 0 Å². The number of hydrogen-bond acceptors (Lipinski definition) is 2. The molecule has 2 nitrogen and oxygen atoms in total. The van der Waals surface area contributed by atoms with Gasteiger partial charge in [0, 0.05) is 0 Å². The van der Waals surface area contributed by atoms with Crippen LogP contribution in [0, 0.1) is 0 Å². The first-order valence-corrected chi connectivity index (χ1v) is 5.20. The van der Waals surface area contributed by atoms with E-state index in [4.69, 9.17) is 5.73 Å². The average Bonchev–Trinajstić information content (AvgIpc) is 1.59. The molecule has 0 aliphatic rings. The van der Waals surface area contributed by atoms with Crippen molar-refractivity contribution < 1.29 is 14.3 Å². The molecule has 0 atom stereocenters. The molecule has 0 aromatic heterocycles. The monoisotopic (exact) mass is 191 g/mol. The number of hydrogen-bond donors (Lipinski definition) is 1. The third-order valence-electron chi connectivity index (χ3n) is 0.384. The van der Waals surface area contributed by atoms with Gasteiger partial charge in [-0.2, -0.15) is 0 Å². The summed E-state index contributed by atoms with van der Waals surface area (Å²) >= 11 is -6.19. The molecule has 8 heavy (non-hydrogen) atoms. The summed E-state index contributed by atoms with van der Waals surface area (Å²) in [5, 5.41) is 0. The summed E-state index contributed by atoms with van der Waals surface area (Å²) in [5.74, 6) is 0. The minimum absolute atomic E-state index is 0.0647. The molecule has 0 aromatic carbocycles. The van der Waals surface area contributed by atoms with E-state index in [1.807, 2.05) is 0 Å². The van der Waals surface area contributed by atoms with Crippen LogP contribution in [0.2, 0.25) is 0 Å². The molecule has 0 aliphatic carbocycles. The fourth-order valence-corrected chi connectivity index (χ4v) is 0.908. The Morgan fingerprint density at radius 3 is 2.00 bits per heavy atom. The number of halogens is 3. The molecular weight excluding hydrogens is 184 g/mol. The Balaban J connectivity index is 3.11. The van der Waals surface area contributed by atoms with Crippen molar-refractivity contribution in [2.75, 3.05) is 13.2 Å². The Labute approximate surface area is 49.0 Å². The van der Waals surface area contributed by atoms with E-state index >= 15 is 0 Å². The van der Waals surface area contributed by atoms with E-state index in [9.17, 15) is 10.5 Å². The summed E-state index contributed by atoms with van der Waals surface area (Å²) in [6.45, 7) is -0.450. The van der Waals surface area contributed by atoms with Gasteiger partial charge in [-0.3, -0.25) is 0 Å². The summed E-state index contributed by atoms with van der Waals surface area (Å²) in [6, 6.07) is 0. The second-order valence-electron chi connectivity index (χ2n) is 1.08. The van der Waals surface area contributed by atoms with Crippen LogP contribution in [0.5, 0.6) is 0 Å². The SMILES string of the molecule is NCC[O][Ge]([F])([F])[F]. The van der Waals surface area contributed by atoms with Gasteiger partial charge in [-0.15, -0.1) is 0 Å². The Morgan fingerprint density at radius 2 is 1.88 bits per heavy atom. The van der Waals surface area contributed by atoms with Crippen LogP contribution in [-0.2, 0) is 3.76 Å². The van der Waals surface area contributed by atoms with Gasteiger partial charge in [-0.05, 0) is 0 Å².